The number of hydrogen-bond acceptors (Lipinski definition) is 2. The molecule has 0 saturated heterocycles. The van der Waals surface area contributed by atoms with Crippen molar-refractivity contribution in [3.05, 3.63) is 0 Å². The molecule has 0 N–H and O–H groups in total. The highest BCUT2D eigenvalue weighted by molar-refractivity contribution is 5.78. The van der Waals surface area contributed by atoms with Crippen LogP contribution in [0.25, 0.3) is 0 Å². The topological polar surface area (TPSA) is 38.7 Å². The number of aliphatic imine (C=N–C) groups is 1. The molecular weight excluding hydrogens is 166 g/mol. The van der Waals surface area contributed by atoms with E-state index in [4.69, 9.17) is 4.74 Å². The van der Waals surface area contributed by atoms with Crippen molar-refractivity contribution < 1.29 is 9.53 Å². The van der Waals surface area contributed by atoms with E-state index in [0.717, 1.165) is 6.42 Å². The maximum atomic E-state index is 11.0. The number of rotatable bonds is 3. The second-order valence-corrected chi connectivity index (χ2v) is 3.59. The van der Waals surface area contributed by atoms with Crippen molar-refractivity contribution in [3.8, 4) is 0 Å². The minimum Gasteiger partial charge on any atom is -0.444 e. The predicted molar refractivity (Wildman–Crippen MR) is 52.0 cm³/mol. The van der Waals surface area contributed by atoms with Gasteiger partial charge in [0.1, 0.15) is 6.10 Å². The molecular formula is C10H17NO2. The van der Waals surface area contributed by atoms with Crippen molar-refractivity contribution in [1.82, 2.24) is 0 Å². The van der Waals surface area contributed by atoms with E-state index in [1.165, 1.54) is 12.6 Å². The summed E-state index contributed by atoms with van der Waals surface area (Å²) >= 11 is 0. The van der Waals surface area contributed by atoms with Crippen LogP contribution in [-0.4, -0.2) is 18.4 Å². The molecule has 13 heavy (non-hydrogen) atoms. The zero-order valence-corrected chi connectivity index (χ0v) is 8.49. The Hall–Kier alpha value is -0.860. The summed E-state index contributed by atoms with van der Waals surface area (Å²) in [6, 6.07) is 0. The quantitative estimate of drug-likeness (QED) is 0.631. The Balaban J connectivity index is 2.36. The van der Waals surface area contributed by atoms with E-state index in [-0.39, 0.29) is 6.10 Å². The number of hydrogen-bond donors (Lipinski definition) is 0. The third-order valence-electron chi connectivity index (χ3n) is 2.54. The van der Waals surface area contributed by atoms with Crippen LogP contribution in [-0.2, 0) is 4.74 Å². The number of carbonyl (C=O) groups excluding carboxylic acids is 1. The molecule has 1 rings (SSSR count). The van der Waals surface area contributed by atoms with E-state index < -0.39 is 6.09 Å². The van der Waals surface area contributed by atoms with Crippen LogP contribution >= 0.6 is 0 Å². The molecule has 0 aromatic carbocycles. The molecule has 1 amide bonds. The highest BCUT2D eigenvalue weighted by atomic mass is 16.6. The van der Waals surface area contributed by atoms with Crippen LogP contribution in [0, 0.1) is 11.8 Å². The summed E-state index contributed by atoms with van der Waals surface area (Å²) in [7, 11) is 0. The average Bonchev–Trinajstić information content (AvgIpc) is 2.79. The van der Waals surface area contributed by atoms with Crippen molar-refractivity contribution in [2.24, 2.45) is 16.8 Å². The van der Waals surface area contributed by atoms with Gasteiger partial charge in [-0.25, -0.2) is 4.79 Å². The highest BCUT2D eigenvalue weighted by Gasteiger charge is 2.40. The molecule has 0 heterocycles. The Kier molecular flexibility index (Phi) is 3.46. The maximum absolute atomic E-state index is 11.0. The minimum absolute atomic E-state index is 0.0752. The fourth-order valence-electron chi connectivity index (χ4n) is 1.61. The van der Waals surface area contributed by atoms with Gasteiger partial charge in [0.15, 0.2) is 0 Å². The summed E-state index contributed by atoms with van der Waals surface area (Å²) in [5, 5.41) is 0. The fraction of sp³-hybridized carbons (Fsp3) is 0.800. The number of amides is 1. The van der Waals surface area contributed by atoms with Gasteiger partial charge in [-0.3, -0.25) is 0 Å². The van der Waals surface area contributed by atoms with Gasteiger partial charge in [0.25, 0.3) is 0 Å². The monoisotopic (exact) mass is 183 g/mol. The van der Waals surface area contributed by atoms with Crippen LogP contribution in [0.4, 0.5) is 4.79 Å². The Morgan fingerprint density at radius 2 is 2.38 bits per heavy atom. The smallest absolute Gasteiger partial charge is 0.433 e. The largest absolute Gasteiger partial charge is 0.444 e. The van der Waals surface area contributed by atoms with Crippen LogP contribution in [0.1, 0.15) is 33.6 Å². The molecule has 74 valence electrons. The Labute approximate surface area is 79.2 Å². The molecule has 0 aromatic heterocycles. The number of carbonyl (C=O) groups is 1. The van der Waals surface area contributed by atoms with Gasteiger partial charge in [0, 0.05) is 6.21 Å². The summed E-state index contributed by atoms with van der Waals surface area (Å²) in [5.74, 6) is 1.28. The van der Waals surface area contributed by atoms with E-state index in [1.807, 2.05) is 6.92 Å². The molecule has 0 bridgehead atoms. The van der Waals surface area contributed by atoms with Gasteiger partial charge in [-0.05, 0) is 31.6 Å². The molecule has 0 spiro atoms. The fourth-order valence-corrected chi connectivity index (χ4v) is 1.61. The molecule has 1 aliphatic rings. The van der Waals surface area contributed by atoms with Crippen molar-refractivity contribution >= 4 is 12.3 Å². The van der Waals surface area contributed by atoms with Crippen LogP contribution in [0.5, 0.6) is 0 Å². The first-order chi connectivity index (χ1) is 6.19. The SMILES string of the molecule is CC=NC(=O)OC(CC)C1CC1C. The van der Waals surface area contributed by atoms with Crippen LogP contribution in [0.2, 0.25) is 0 Å². The van der Waals surface area contributed by atoms with Gasteiger partial charge in [-0.2, -0.15) is 4.99 Å². The number of ether oxygens (including phenoxy) is 1. The molecule has 1 fully saturated rings. The normalized spacial score (nSPS) is 28.8. The van der Waals surface area contributed by atoms with Gasteiger partial charge in [0.05, 0.1) is 0 Å². The van der Waals surface area contributed by atoms with Crippen molar-refractivity contribution in [2.75, 3.05) is 0 Å². The summed E-state index contributed by atoms with van der Waals surface area (Å²) in [4.78, 5) is 14.6. The van der Waals surface area contributed by atoms with E-state index >= 15 is 0 Å². The molecule has 1 saturated carbocycles. The first kappa shape index (κ1) is 10.2. The molecule has 3 heteroatoms. The summed E-state index contributed by atoms with van der Waals surface area (Å²) in [5.41, 5.74) is 0. The molecule has 0 aliphatic heterocycles. The molecule has 1 aliphatic carbocycles. The first-order valence-corrected chi connectivity index (χ1v) is 4.88. The second kappa shape index (κ2) is 4.40. The maximum Gasteiger partial charge on any atom is 0.433 e. The first-order valence-electron chi connectivity index (χ1n) is 4.88. The standard InChI is InChI=1S/C10H17NO2/c1-4-9(8-6-7(8)3)13-10(12)11-5-2/h5,7-9H,4,6H2,1-3H3. The zero-order chi connectivity index (χ0) is 9.84. The van der Waals surface area contributed by atoms with Crippen LogP contribution in [0.15, 0.2) is 4.99 Å². The van der Waals surface area contributed by atoms with E-state index in [9.17, 15) is 4.79 Å². The van der Waals surface area contributed by atoms with Crippen molar-refractivity contribution in [3.63, 3.8) is 0 Å². The van der Waals surface area contributed by atoms with E-state index in [0.29, 0.717) is 11.8 Å². The third-order valence-corrected chi connectivity index (χ3v) is 2.54. The van der Waals surface area contributed by atoms with Crippen LogP contribution in [0.3, 0.4) is 0 Å². The average molecular weight is 183 g/mol. The minimum atomic E-state index is -0.451. The molecule has 0 radical (unpaired) electrons. The highest BCUT2D eigenvalue weighted by Crippen LogP contribution is 2.42. The Morgan fingerprint density at radius 1 is 1.77 bits per heavy atom. The second-order valence-electron chi connectivity index (χ2n) is 3.59. The van der Waals surface area contributed by atoms with E-state index in [1.54, 1.807) is 6.92 Å². The molecule has 3 unspecified atom stereocenters. The van der Waals surface area contributed by atoms with Gasteiger partial charge >= 0.3 is 6.09 Å². The lowest BCUT2D eigenvalue weighted by Crippen LogP contribution is -2.18. The van der Waals surface area contributed by atoms with Gasteiger partial charge in [-0.1, -0.05) is 13.8 Å². The number of nitrogens with zero attached hydrogens (tertiary/aromatic N) is 1. The summed E-state index contributed by atoms with van der Waals surface area (Å²) in [6.45, 7) is 5.94. The molecule has 3 nitrogen and oxygen atoms in total. The lowest BCUT2D eigenvalue weighted by atomic mass is 10.1. The molecule has 0 aromatic rings. The third kappa shape index (κ3) is 2.83. The van der Waals surface area contributed by atoms with Crippen LogP contribution < -0.4 is 0 Å². The summed E-state index contributed by atoms with van der Waals surface area (Å²) < 4.78 is 5.20. The lowest BCUT2D eigenvalue weighted by molar-refractivity contribution is 0.0887. The Bertz CT molecular complexity index is 213. The zero-order valence-electron chi connectivity index (χ0n) is 8.49. The molecule has 3 atom stereocenters. The summed E-state index contributed by atoms with van der Waals surface area (Å²) in [6.07, 6.45) is 3.16. The van der Waals surface area contributed by atoms with Gasteiger partial charge in [0.2, 0.25) is 0 Å². The lowest BCUT2D eigenvalue weighted by Gasteiger charge is -2.13. The Morgan fingerprint density at radius 3 is 2.77 bits per heavy atom. The van der Waals surface area contributed by atoms with Crippen molar-refractivity contribution in [1.29, 1.82) is 0 Å². The van der Waals surface area contributed by atoms with Crippen molar-refractivity contribution in [2.45, 2.75) is 39.7 Å². The van der Waals surface area contributed by atoms with Gasteiger partial charge in [-0.15, -0.1) is 0 Å². The predicted octanol–water partition coefficient (Wildman–Crippen LogP) is 2.65. The van der Waals surface area contributed by atoms with Gasteiger partial charge < -0.3 is 4.74 Å². The van der Waals surface area contributed by atoms with E-state index in [2.05, 4.69) is 11.9 Å².